The monoisotopic (exact) mass is 446 g/mol. The second kappa shape index (κ2) is 8.31. The standard InChI is InChI=1S/C22H28F2N6O2/c1-12-11-31-13(2)9-29(12)19-7-17(15-6-18(32-21(23)24)20(25)26-8-15)27-22(28-19)30-10-14-3-4-16(30)5-14/h6-8,12-14,16,21H,3-5,9-11H2,1-2H3,(H2,25,26)/t12-,13-,14?,16?/m0/s1. The Kier molecular flexibility index (Phi) is 5.48. The van der Waals surface area contributed by atoms with Crippen molar-refractivity contribution in [2.45, 2.75) is 57.9 Å². The summed E-state index contributed by atoms with van der Waals surface area (Å²) in [6.45, 7) is 3.43. The number of rotatable bonds is 5. The molecule has 2 aliphatic heterocycles. The van der Waals surface area contributed by atoms with Crippen molar-refractivity contribution in [3.63, 3.8) is 0 Å². The minimum atomic E-state index is -2.98. The maximum atomic E-state index is 12.8. The summed E-state index contributed by atoms with van der Waals surface area (Å²) in [5.74, 6) is 1.90. The molecule has 2 aromatic rings. The smallest absolute Gasteiger partial charge is 0.387 e. The molecule has 0 aromatic carbocycles. The third-order valence-electron chi connectivity index (χ3n) is 6.66. The molecule has 1 aliphatic carbocycles. The highest BCUT2D eigenvalue weighted by molar-refractivity contribution is 5.68. The number of nitrogen functional groups attached to an aromatic ring is 1. The van der Waals surface area contributed by atoms with Crippen molar-refractivity contribution in [3.05, 3.63) is 18.3 Å². The number of aromatic nitrogens is 3. The van der Waals surface area contributed by atoms with E-state index in [4.69, 9.17) is 20.4 Å². The molecule has 2 aromatic heterocycles. The number of nitrogens with zero attached hydrogens (tertiary/aromatic N) is 5. The molecule has 5 rings (SSSR count). The van der Waals surface area contributed by atoms with Crippen LogP contribution in [-0.2, 0) is 4.74 Å². The average molecular weight is 447 g/mol. The molecule has 8 nitrogen and oxygen atoms in total. The summed E-state index contributed by atoms with van der Waals surface area (Å²) < 4.78 is 36.0. The summed E-state index contributed by atoms with van der Waals surface area (Å²) in [5.41, 5.74) is 6.89. The first-order valence-electron chi connectivity index (χ1n) is 11.1. The molecule has 32 heavy (non-hydrogen) atoms. The van der Waals surface area contributed by atoms with Crippen LogP contribution in [0.5, 0.6) is 5.75 Å². The van der Waals surface area contributed by atoms with E-state index in [1.165, 1.54) is 25.1 Å². The van der Waals surface area contributed by atoms with Gasteiger partial charge in [0.05, 0.1) is 24.4 Å². The van der Waals surface area contributed by atoms with Gasteiger partial charge in [0.25, 0.3) is 0 Å². The van der Waals surface area contributed by atoms with E-state index in [0.717, 1.165) is 18.8 Å². The highest BCUT2D eigenvalue weighted by atomic mass is 19.3. The zero-order chi connectivity index (χ0) is 22.4. The van der Waals surface area contributed by atoms with E-state index >= 15 is 0 Å². The first kappa shape index (κ1) is 21.1. The molecule has 10 heteroatoms. The van der Waals surface area contributed by atoms with Crippen molar-refractivity contribution in [3.8, 4) is 17.0 Å². The van der Waals surface area contributed by atoms with Crippen molar-refractivity contribution in [1.29, 1.82) is 0 Å². The van der Waals surface area contributed by atoms with Crippen molar-refractivity contribution in [1.82, 2.24) is 15.0 Å². The minimum absolute atomic E-state index is 0.0834. The van der Waals surface area contributed by atoms with E-state index < -0.39 is 6.61 Å². The van der Waals surface area contributed by atoms with Crippen molar-refractivity contribution in [2.75, 3.05) is 35.2 Å². The second-order valence-corrected chi connectivity index (χ2v) is 9.03. The highest BCUT2D eigenvalue weighted by Gasteiger charge is 2.39. The first-order valence-corrected chi connectivity index (χ1v) is 11.1. The van der Waals surface area contributed by atoms with Gasteiger partial charge in [0.2, 0.25) is 5.95 Å². The number of fused-ring (bicyclic) bond motifs is 2. The summed E-state index contributed by atoms with van der Waals surface area (Å²) in [5, 5.41) is 0. The molecular formula is C22H28F2N6O2. The quantitative estimate of drug-likeness (QED) is 0.748. The Morgan fingerprint density at radius 2 is 2.00 bits per heavy atom. The predicted octanol–water partition coefficient (Wildman–Crippen LogP) is 3.32. The normalized spacial score (nSPS) is 27.4. The van der Waals surface area contributed by atoms with Crippen LogP contribution in [0.15, 0.2) is 18.3 Å². The summed E-state index contributed by atoms with van der Waals surface area (Å²) in [6.07, 6.45) is 5.19. The Hall–Kier alpha value is -2.75. The van der Waals surface area contributed by atoms with Crippen molar-refractivity contribution < 1.29 is 18.3 Å². The SMILES string of the molecule is C[C@H]1CN(c2cc(-c3cnc(N)c(OC(F)F)c3)nc(N3CC4CCC3C4)n2)[C@@H](C)CO1. The number of hydrogen-bond donors (Lipinski definition) is 1. The lowest BCUT2D eigenvalue weighted by Gasteiger charge is -2.38. The molecule has 172 valence electrons. The zero-order valence-electron chi connectivity index (χ0n) is 18.2. The summed E-state index contributed by atoms with van der Waals surface area (Å²) in [4.78, 5) is 18.3. The third kappa shape index (κ3) is 4.03. The molecule has 4 atom stereocenters. The first-order chi connectivity index (χ1) is 15.4. The highest BCUT2D eigenvalue weighted by Crippen LogP contribution is 2.40. The van der Waals surface area contributed by atoms with E-state index in [2.05, 4.69) is 26.4 Å². The minimum Gasteiger partial charge on any atom is -0.431 e. The molecule has 1 saturated carbocycles. The van der Waals surface area contributed by atoms with Gasteiger partial charge in [-0.25, -0.2) is 9.97 Å². The number of alkyl halides is 2. The van der Waals surface area contributed by atoms with Crippen LogP contribution in [-0.4, -0.2) is 59.4 Å². The van der Waals surface area contributed by atoms with Crippen LogP contribution in [0.3, 0.4) is 0 Å². The molecule has 0 spiro atoms. The molecule has 2 bridgehead atoms. The van der Waals surface area contributed by atoms with E-state index in [0.29, 0.717) is 42.3 Å². The van der Waals surface area contributed by atoms with Crippen LogP contribution in [0, 0.1) is 5.92 Å². The fraction of sp³-hybridized carbons (Fsp3) is 0.591. The topological polar surface area (TPSA) is 89.6 Å². The molecule has 2 N–H and O–H groups in total. The van der Waals surface area contributed by atoms with Gasteiger partial charge in [0.1, 0.15) is 5.82 Å². The lowest BCUT2D eigenvalue weighted by Crippen LogP contribution is -2.48. The number of hydrogen-bond acceptors (Lipinski definition) is 8. The Morgan fingerprint density at radius 3 is 2.72 bits per heavy atom. The molecule has 3 fully saturated rings. The van der Waals surface area contributed by atoms with Gasteiger partial charge in [0.15, 0.2) is 11.6 Å². The number of nitrogens with two attached hydrogens (primary N) is 1. The lowest BCUT2D eigenvalue weighted by molar-refractivity contribution is -0.0494. The van der Waals surface area contributed by atoms with Crippen molar-refractivity contribution in [2.24, 2.45) is 5.92 Å². The Balaban J connectivity index is 1.57. The van der Waals surface area contributed by atoms with Gasteiger partial charge in [-0.05, 0) is 45.1 Å². The van der Waals surface area contributed by atoms with Crippen LogP contribution in [0.25, 0.3) is 11.3 Å². The predicted molar refractivity (Wildman–Crippen MR) is 117 cm³/mol. The largest absolute Gasteiger partial charge is 0.431 e. The number of halogens is 2. The number of piperidine rings is 1. The molecule has 3 aliphatic rings. The van der Waals surface area contributed by atoms with Crippen LogP contribution >= 0.6 is 0 Å². The Morgan fingerprint density at radius 1 is 1.16 bits per heavy atom. The van der Waals surface area contributed by atoms with Gasteiger partial charge in [-0.1, -0.05) is 0 Å². The summed E-state index contributed by atoms with van der Waals surface area (Å²) >= 11 is 0. The lowest BCUT2D eigenvalue weighted by atomic mass is 10.1. The molecule has 0 amide bonds. The van der Waals surface area contributed by atoms with E-state index in [1.807, 2.05) is 13.0 Å². The molecule has 4 heterocycles. The number of morpholine rings is 1. The van der Waals surface area contributed by atoms with Gasteiger partial charge in [-0.3, -0.25) is 0 Å². The van der Waals surface area contributed by atoms with Crippen LogP contribution in [0.4, 0.5) is 26.4 Å². The van der Waals surface area contributed by atoms with Crippen LogP contribution in [0.2, 0.25) is 0 Å². The van der Waals surface area contributed by atoms with E-state index in [-0.39, 0.29) is 23.7 Å². The molecule has 0 radical (unpaired) electrons. The van der Waals surface area contributed by atoms with Crippen molar-refractivity contribution >= 4 is 17.6 Å². The average Bonchev–Trinajstić information content (AvgIpc) is 3.40. The fourth-order valence-corrected chi connectivity index (χ4v) is 5.02. The van der Waals surface area contributed by atoms with E-state index in [9.17, 15) is 8.78 Å². The molecule has 2 unspecified atom stereocenters. The maximum absolute atomic E-state index is 12.8. The van der Waals surface area contributed by atoms with Gasteiger partial charge < -0.3 is 25.0 Å². The fourth-order valence-electron chi connectivity index (χ4n) is 5.02. The number of anilines is 3. The van der Waals surface area contributed by atoms with Gasteiger partial charge in [0, 0.05) is 37.0 Å². The summed E-state index contributed by atoms with van der Waals surface area (Å²) in [6, 6.07) is 3.95. The van der Waals surface area contributed by atoms with Gasteiger partial charge in [-0.15, -0.1) is 0 Å². The van der Waals surface area contributed by atoms with Gasteiger partial charge in [-0.2, -0.15) is 13.8 Å². The zero-order valence-corrected chi connectivity index (χ0v) is 18.2. The maximum Gasteiger partial charge on any atom is 0.387 e. The van der Waals surface area contributed by atoms with Crippen LogP contribution in [0.1, 0.15) is 33.1 Å². The third-order valence-corrected chi connectivity index (χ3v) is 6.66. The van der Waals surface area contributed by atoms with E-state index in [1.54, 1.807) is 0 Å². The number of pyridine rings is 1. The number of ether oxygens (including phenoxy) is 2. The van der Waals surface area contributed by atoms with Crippen LogP contribution < -0.4 is 20.3 Å². The summed E-state index contributed by atoms with van der Waals surface area (Å²) in [7, 11) is 0. The molecule has 2 saturated heterocycles. The van der Waals surface area contributed by atoms with Gasteiger partial charge >= 0.3 is 6.61 Å². The Labute approximate surface area is 185 Å². The second-order valence-electron chi connectivity index (χ2n) is 9.03. The Bertz CT molecular complexity index is 993. The molecular weight excluding hydrogens is 418 g/mol.